The molecule has 2 rings (SSSR count). The van der Waals surface area contributed by atoms with Crippen molar-refractivity contribution in [3.63, 3.8) is 0 Å². The van der Waals surface area contributed by atoms with Crippen LogP contribution in [-0.2, 0) is 11.3 Å². The van der Waals surface area contributed by atoms with Crippen molar-refractivity contribution in [3.8, 4) is 5.88 Å². The predicted molar refractivity (Wildman–Crippen MR) is 74.3 cm³/mol. The Bertz CT molecular complexity index is 613. The van der Waals surface area contributed by atoms with Gasteiger partial charge in [0.1, 0.15) is 5.52 Å². The van der Waals surface area contributed by atoms with Gasteiger partial charge in [0.25, 0.3) is 0 Å². The van der Waals surface area contributed by atoms with E-state index in [-0.39, 0.29) is 17.9 Å². The zero-order valence-electron chi connectivity index (χ0n) is 11.6. The van der Waals surface area contributed by atoms with Crippen molar-refractivity contribution >= 4 is 16.9 Å². The van der Waals surface area contributed by atoms with E-state index >= 15 is 0 Å². The van der Waals surface area contributed by atoms with E-state index in [1.807, 2.05) is 13.8 Å². The minimum atomic E-state index is -0.196. The number of aromatic amines is 2. The summed E-state index contributed by atoms with van der Waals surface area (Å²) >= 11 is 0. The number of amides is 1. The van der Waals surface area contributed by atoms with Gasteiger partial charge in [-0.3, -0.25) is 9.59 Å². The highest BCUT2D eigenvalue weighted by molar-refractivity contribution is 5.77. The van der Waals surface area contributed by atoms with Gasteiger partial charge in [0.15, 0.2) is 5.88 Å². The van der Waals surface area contributed by atoms with Crippen LogP contribution in [0, 0.1) is 0 Å². The predicted octanol–water partition coefficient (Wildman–Crippen LogP) is 1.53. The molecule has 0 aromatic carbocycles. The Morgan fingerprint density at radius 1 is 1.42 bits per heavy atom. The molecule has 19 heavy (non-hydrogen) atoms. The summed E-state index contributed by atoms with van der Waals surface area (Å²) in [6.45, 7) is 5.54. The summed E-state index contributed by atoms with van der Waals surface area (Å²) in [6.07, 6.45) is 1.67. The highest BCUT2D eigenvalue weighted by Gasteiger charge is 2.13. The lowest BCUT2D eigenvalue weighted by molar-refractivity contribution is -0.119. The summed E-state index contributed by atoms with van der Waals surface area (Å²) in [6, 6.07) is 1.75. The van der Waals surface area contributed by atoms with Gasteiger partial charge in [0.2, 0.25) is 11.3 Å². The summed E-state index contributed by atoms with van der Waals surface area (Å²) in [4.78, 5) is 28.8. The van der Waals surface area contributed by atoms with Crippen LogP contribution in [0.4, 0.5) is 0 Å². The van der Waals surface area contributed by atoms with Gasteiger partial charge in [-0.25, -0.2) is 0 Å². The summed E-state index contributed by atoms with van der Waals surface area (Å²) < 4.78 is 5.12. The standard InChI is InChI=1S/C11H13N3O3.C2H6/c1-6(15)13-5-7-10(16)9-8(3-4-12-9)14-11(7)17-2;1-2/h3-4,12H,5H2,1-2H3,(H,13,15)(H,14,16);1-2H3. The Balaban J connectivity index is 0.000000861. The van der Waals surface area contributed by atoms with Gasteiger partial charge in [-0.15, -0.1) is 0 Å². The lowest BCUT2D eigenvalue weighted by Crippen LogP contribution is -2.24. The molecule has 0 bridgehead atoms. The molecule has 0 aliphatic carbocycles. The van der Waals surface area contributed by atoms with Gasteiger partial charge in [0.05, 0.1) is 24.7 Å². The molecule has 0 aliphatic heterocycles. The molecule has 0 aliphatic rings. The highest BCUT2D eigenvalue weighted by Crippen LogP contribution is 2.16. The Labute approximate surface area is 111 Å². The number of hydrogen-bond acceptors (Lipinski definition) is 3. The topological polar surface area (TPSA) is 87.0 Å². The van der Waals surface area contributed by atoms with Gasteiger partial charge >= 0.3 is 0 Å². The molecule has 0 atom stereocenters. The Kier molecular flexibility index (Phi) is 5.17. The second-order valence-electron chi connectivity index (χ2n) is 3.64. The zero-order chi connectivity index (χ0) is 14.4. The van der Waals surface area contributed by atoms with Crippen LogP contribution in [0.3, 0.4) is 0 Å². The van der Waals surface area contributed by atoms with Gasteiger partial charge in [-0.05, 0) is 6.07 Å². The molecule has 0 saturated heterocycles. The summed E-state index contributed by atoms with van der Waals surface area (Å²) in [5.41, 5.74) is 1.39. The molecule has 2 aromatic rings. The maximum absolute atomic E-state index is 12.1. The van der Waals surface area contributed by atoms with Crippen LogP contribution >= 0.6 is 0 Å². The molecule has 3 N–H and O–H groups in total. The SMILES string of the molecule is CC.COc1[nH]c2cc[nH]c2c(=O)c1CNC(C)=O. The van der Waals surface area contributed by atoms with E-state index in [9.17, 15) is 9.59 Å². The third-order valence-electron chi connectivity index (χ3n) is 2.49. The molecule has 104 valence electrons. The first-order valence-corrected chi connectivity index (χ1v) is 6.14. The average Bonchev–Trinajstić information content (AvgIpc) is 2.88. The molecule has 1 amide bonds. The lowest BCUT2D eigenvalue weighted by atomic mass is 10.2. The van der Waals surface area contributed by atoms with E-state index in [0.717, 1.165) is 0 Å². The van der Waals surface area contributed by atoms with Crippen LogP contribution in [0.25, 0.3) is 11.0 Å². The van der Waals surface area contributed by atoms with Crippen molar-refractivity contribution in [2.45, 2.75) is 27.3 Å². The Morgan fingerprint density at radius 2 is 2.11 bits per heavy atom. The van der Waals surface area contributed by atoms with Gasteiger partial charge in [0, 0.05) is 13.1 Å². The lowest BCUT2D eigenvalue weighted by Gasteiger charge is -2.08. The van der Waals surface area contributed by atoms with Crippen molar-refractivity contribution in [1.82, 2.24) is 15.3 Å². The number of hydrogen-bond donors (Lipinski definition) is 3. The summed E-state index contributed by atoms with van der Waals surface area (Å²) in [7, 11) is 1.47. The second-order valence-corrected chi connectivity index (χ2v) is 3.64. The number of methoxy groups -OCH3 is 1. The van der Waals surface area contributed by atoms with E-state index in [0.29, 0.717) is 22.5 Å². The van der Waals surface area contributed by atoms with Crippen LogP contribution in [0.1, 0.15) is 26.3 Å². The fourth-order valence-corrected chi connectivity index (χ4v) is 1.66. The van der Waals surface area contributed by atoms with Crippen LogP contribution in [0.15, 0.2) is 17.1 Å². The minimum absolute atomic E-state index is 0.142. The smallest absolute Gasteiger partial charge is 0.217 e. The number of carbonyl (C=O) groups is 1. The van der Waals surface area contributed by atoms with E-state index in [1.165, 1.54) is 14.0 Å². The second kappa shape index (κ2) is 6.63. The van der Waals surface area contributed by atoms with Crippen LogP contribution in [-0.4, -0.2) is 23.0 Å². The Morgan fingerprint density at radius 3 is 2.68 bits per heavy atom. The molecular weight excluding hydrogens is 246 g/mol. The van der Waals surface area contributed by atoms with Gasteiger partial charge in [-0.2, -0.15) is 0 Å². The number of pyridine rings is 1. The number of fused-ring (bicyclic) bond motifs is 1. The van der Waals surface area contributed by atoms with Crippen LogP contribution in [0.2, 0.25) is 0 Å². The maximum Gasteiger partial charge on any atom is 0.217 e. The zero-order valence-corrected chi connectivity index (χ0v) is 11.6. The number of nitrogens with one attached hydrogen (secondary N) is 3. The normalized spacial score (nSPS) is 9.68. The quantitative estimate of drug-likeness (QED) is 0.786. The van der Waals surface area contributed by atoms with Crippen molar-refractivity contribution in [3.05, 3.63) is 28.0 Å². The van der Waals surface area contributed by atoms with E-state index in [1.54, 1.807) is 12.3 Å². The summed E-state index contributed by atoms with van der Waals surface area (Å²) in [5.74, 6) is 0.175. The van der Waals surface area contributed by atoms with Crippen LogP contribution < -0.4 is 15.5 Å². The number of aromatic nitrogens is 2. The van der Waals surface area contributed by atoms with Crippen LogP contribution in [0.5, 0.6) is 5.88 Å². The fourth-order valence-electron chi connectivity index (χ4n) is 1.66. The Hall–Kier alpha value is -2.24. The van der Waals surface area contributed by atoms with E-state index in [4.69, 9.17) is 4.74 Å². The average molecular weight is 265 g/mol. The van der Waals surface area contributed by atoms with E-state index < -0.39 is 0 Å². The number of ether oxygens (including phenoxy) is 1. The van der Waals surface area contributed by atoms with Crippen molar-refractivity contribution < 1.29 is 9.53 Å². The molecule has 6 heteroatoms. The molecule has 0 radical (unpaired) electrons. The van der Waals surface area contributed by atoms with Crippen molar-refractivity contribution in [2.75, 3.05) is 7.11 Å². The highest BCUT2D eigenvalue weighted by atomic mass is 16.5. The molecular formula is C13H19N3O3. The number of H-pyrrole nitrogens is 2. The van der Waals surface area contributed by atoms with Gasteiger partial charge in [-0.1, -0.05) is 13.8 Å². The number of rotatable bonds is 3. The fraction of sp³-hybridized carbons (Fsp3) is 0.385. The first-order chi connectivity index (χ1) is 9.13. The summed E-state index contributed by atoms with van der Waals surface area (Å²) in [5, 5.41) is 2.58. The first-order valence-electron chi connectivity index (χ1n) is 6.14. The maximum atomic E-state index is 12.1. The van der Waals surface area contributed by atoms with Gasteiger partial charge < -0.3 is 20.0 Å². The van der Waals surface area contributed by atoms with Crippen molar-refractivity contribution in [1.29, 1.82) is 0 Å². The third kappa shape index (κ3) is 3.15. The van der Waals surface area contributed by atoms with E-state index in [2.05, 4.69) is 15.3 Å². The molecule has 0 fully saturated rings. The molecule has 0 unspecified atom stereocenters. The molecule has 2 aromatic heterocycles. The minimum Gasteiger partial charge on any atom is -0.482 e. The molecule has 2 heterocycles. The number of carbonyl (C=O) groups excluding carboxylic acids is 1. The molecule has 6 nitrogen and oxygen atoms in total. The monoisotopic (exact) mass is 265 g/mol. The largest absolute Gasteiger partial charge is 0.482 e. The molecule has 0 spiro atoms. The first kappa shape index (κ1) is 14.8. The van der Waals surface area contributed by atoms with Crippen molar-refractivity contribution in [2.24, 2.45) is 0 Å². The third-order valence-corrected chi connectivity index (χ3v) is 2.49. The molecule has 0 saturated carbocycles.